The zero-order chi connectivity index (χ0) is 11.9. The normalized spacial score (nSPS) is 15.4. The molecule has 0 atom stereocenters. The smallest absolute Gasteiger partial charge is 0.0210 e. The molecule has 0 heteroatoms. The third-order valence-electron chi connectivity index (χ3n) is 4.26. The summed E-state index contributed by atoms with van der Waals surface area (Å²) in [7, 11) is 0. The number of hydrogen-bond acceptors (Lipinski definition) is 0. The van der Waals surface area contributed by atoms with Crippen LogP contribution in [0, 0.1) is 12.1 Å². The molecule has 0 N–H and O–H groups in total. The van der Waals surface area contributed by atoms with Crippen LogP contribution in [-0.4, -0.2) is 0 Å². The van der Waals surface area contributed by atoms with E-state index in [2.05, 4.69) is 50.2 Å². The Morgan fingerprint density at radius 2 is 1.59 bits per heavy atom. The van der Waals surface area contributed by atoms with Crippen LogP contribution in [0.15, 0.2) is 36.4 Å². The zero-order valence-electron chi connectivity index (χ0n) is 10.4. The van der Waals surface area contributed by atoms with Gasteiger partial charge in [-0.05, 0) is 59.4 Å². The van der Waals surface area contributed by atoms with Crippen LogP contribution < -0.4 is 0 Å². The van der Waals surface area contributed by atoms with Crippen LogP contribution in [0.3, 0.4) is 0 Å². The molecular weight excluding hydrogens is 204 g/mol. The van der Waals surface area contributed by atoms with E-state index in [0.717, 1.165) is 12.8 Å². The first kappa shape index (κ1) is 10.6. The van der Waals surface area contributed by atoms with Gasteiger partial charge >= 0.3 is 0 Å². The van der Waals surface area contributed by atoms with E-state index in [4.69, 9.17) is 0 Å². The van der Waals surface area contributed by atoms with E-state index in [1.165, 1.54) is 22.3 Å². The summed E-state index contributed by atoms with van der Waals surface area (Å²) >= 11 is 0. The predicted molar refractivity (Wildman–Crippen MR) is 70.9 cm³/mol. The molecule has 0 aliphatic heterocycles. The van der Waals surface area contributed by atoms with E-state index >= 15 is 0 Å². The fraction of sp³-hybridized carbons (Fsp3) is 0.294. The molecule has 2 aromatic carbocycles. The molecule has 2 aromatic rings. The summed E-state index contributed by atoms with van der Waals surface area (Å²) in [4.78, 5) is 0. The summed E-state index contributed by atoms with van der Waals surface area (Å²) in [5, 5.41) is 0. The molecule has 84 valence electrons. The fourth-order valence-electron chi connectivity index (χ4n) is 3.29. The molecule has 0 nitrogen and oxygen atoms in total. The van der Waals surface area contributed by atoms with Crippen molar-refractivity contribution in [3.63, 3.8) is 0 Å². The summed E-state index contributed by atoms with van der Waals surface area (Å²) < 4.78 is 0. The van der Waals surface area contributed by atoms with Crippen LogP contribution in [0.5, 0.6) is 0 Å². The van der Waals surface area contributed by atoms with E-state index in [9.17, 15) is 0 Å². The average Bonchev–Trinajstić information content (AvgIpc) is 2.70. The van der Waals surface area contributed by atoms with Crippen LogP contribution in [0.4, 0.5) is 0 Å². The predicted octanol–water partition coefficient (Wildman–Crippen LogP) is 4.37. The van der Waals surface area contributed by atoms with Gasteiger partial charge in [-0.1, -0.05) is 38.1 Å². The van der Waals surface area contributed by atoms with Crippen molar-refractivity contribution in [3.8, 4) is 11.1 Å². The minimum atomic E-state index is 0.192. The Labute approximate surface area is 103 Å². The molecule has 17 heavy (non-hydrogen) atoms. The Morgan fingerprint density at radius 3 is 2.35 bits per heavy atom. The highest BCUT2D eigenvalue weighted by atomic mass is 14.4. The highest BCUT2D eigenvalue weighted by molar-refractivity contribution is 5.80. The highest BCUT2D eigenvalue weighted by Gasteiger charge is 2.39. The SMILES string of the molecule is CCC1(CC)c2c[c]ccc2-c2c[c]ccc21. The van der Waals surface area contributed by atoms with Gasteiger partial charge in [0.25, 0.3) is 0 Å². The van der Waals surface area contributed by atoms with Crippen molar-refractivity contribution in [2.75, 3.05) is 0 Å². The van der Waals surface area contributed by atoms with Crippen LogP contribution in [0.25, 0.3) is 11.1 Å². The molecule has 1 aliphatic rings. The molecule has 0 saturated carbocycles. The molecule has 0 spiro atoms. The largest absolute Gasteiger partial charge is 0.0642 e. The summed E-state index contributed by atoms with van der Waals surface area (Å²) in [6.07, 6.45) is 2.29. The Bertz CT molecular complexity index is 500. The number of benzene rings is 2. The van der Waals surface area contributed by atoms with E-state index < -0.39 is 0 Å². The van der Waals surface area contributed by atoms with Gasteiger partial charge in [-0.25, -0.2) is 0 Å². The average molecular weight is 220 g/mol. The van der Waals surface area contributed by atoms with Crippen molar-refractivity contribution in [1.29, 1.82) is 0 Å². The molecule has 1 aliphatic carbocycles. The van der Waals surface area contributed by atoms with Gasteiger partial charge in [-0.3, -0.25) is 0 Å². The van der Waals surface area contributed by atoms with Gasteiger partial charge in [0.15, 0.2) is 0 Å². The van der Waals surface area contributed by atoms with Gasteiger partial charge in [-0.15, -0.1) is 0 Å². The maximum atomic E-state index is 3.24. The van der Waals surface area contributed by atoms with Gasteiger partial charge in [-0.2, -0.15) is 0 Å². The van der Waals surface area contributed by atoms with E-state index in [0.29, 0.717) is 0 Å². The van der Waals surface area contributed by atoms with Crippen molar-refractivity contribution < 1.29 is 0 Å². The lowest BCUT2D eigenvalue weighted by Crippen LogP contribution is -2.22. The quantitative estimate of drug-likeness (QED) is 0.704. The Hall–Kier alpha value is -1.56. The highest BCUT2D eigenvalue weighted by Crippen LogP contribution is 2.52. The van der Waals surface area contributed by atoms with Gasteiger partial charge < -0.3 is 0 Å². The molecule has 2 radical (unpaired) electrons. The Balaban J connectivity index is 2.38. The molecule has 0 bridgehead atoms. The van der Waals surface area contributed by atoms with Crippen molar-refractivity contribution in [2.45, 2.75) is 32.1 Å². The first-order valence-corrected chi connectivity index (χ1v) is 6.35. The minimum absolute atomic E-state index is 0.192. The topological polar surface area (TPSA) is 0 Å². The van der Waals surface area contributed by atoms with E-state index in [1.54, 1.807) is 0 Å². The van der Waals surface area contributed by atoms with Crippen LogP contribution in [-0.2, 0) is 5.41 Å². The number of rotatable bonds is 2. The van der Waals surface area contributed by atoms with Crippen LogP contribution >= 0.6 is 0 Å². The molecule has 0 unspecified atom stereocenters. The second-order valence-corrected chi connectivity index (χ2v) is 4.73. The minimum Gasteiger partial charge on any atom is -0.0642 e. The van der Waals surface area contributed by atoms with Crippen molar-refractivity contribution in [3.05, 3.63) is 59.7 Å². The van der Waals surface area contributed by atoms with Crippen molar-refractivity contribution in [1.82, 2.24) is 0 Å². The summed E-state index contributed by atoms with van der Waals surface area (Å²) in [5.41, 5.74) is 5.84. The Kier molecular flexibility index (Phi) is 2.32. The Morgan fingerprint density at radius 1 is 0.882 bits per heavy atom. The molecule has 0 saturated heterocycles. The monoisotopic (exact) mass is 220 g/mol. The third kappa shape index (κ3) is 1.24. The van der Waals surface area contributed by atoms with Gasteiger partial charge in [0.1, 0.15) is 0 Å². The first-order valence-electron chi connectivity index (χ1n) is 6.35. The second kappa shape index (κ2) is 3.73. The second-order valence-electron chi connectivity index (χ2n) is 4.73. The molecule has 0 aromatic heterocycles. The van der Waals surface area contributed by atoms with Gasteiger partial charge in [0.05, 0.1) is 0 Å². The third-order valence-corrected chi connectivity index (χ3v) is 4.26. The van der Waals surface area contributed by atoms with Crippen molar-refractivity contribution in [2.24, 2.45) is 0 Å². The summed E-state index contributed by atoms with van der Waals surface area (Å²) in [5.74, 6) is 0. The van der Waals surface area contributed by atoms with Crippen molar-refractivity contribution >= 4 is 0 Å². The van der Waals surface area contributed by atoms with E-state index in [-0.39, 0.29) is 5.41 Å². The van der Waals surface area contributed by atoms with Gasteiger partial charge in [0, 0.05) is 5.41 Å². The molecule has 0 amide bonds. The molecule has 0 fully saturated rings. The number of fused-ring (bicyclic) bond motifs is 3. The summed E-state index contributed by atoms with van der Waals surface area (Å²) in [6.45, 7) is 4.57. The maximum absolute atomic E-state index is 3.24. The number of hydrogen-bond donors (Lipinski definition) is 0. The van der Waals surface area contributed by atoms with Crippen LogP contribution in [0.1, 0.15) is 37.8 Å². The lowest BCUT2D eigenvalue weighted by molar-refractivity contribution is 0.490. The fourth-order valence-corrected chi connectivity index (χ4v) is 3.29. The van der Waals surface area contributed by atoms with E-state index in [1.807, 2.05) is 12.1 Å². The standard InChI is InChI=1S/C17H16/c1-3-17(4-2)15-11-7-5-9-13(15)14-10-6-8-12-16(14)17/h5,8-12H,3-4H2,1-2H3. The lowest BCUT2D eigenvalue weighted by Gasteiger charge is -2.29. The summed E-state index contributed by atoms with van der Waals surface area (Å²) in [6, 6.07) is 19.2. The first-order chi connectivity index (χ1) is 8.33. The zero-order valence-corrected chi connectivity index (χ0v) is 10.4. The molecule has 3 rings (SSSR count). The lowest BCUT2D eigenvalue weighted by atomic mass is 9.74. The van der Waals surface area contributed by atoms with Gasteiger partial charge in [0.2, 0.25) is 0 Å². The van der Waals surface area contributed by atoms with Crippen LogP contribution in [0.2, 0.25) is 0 Å². The molecular formula is C17H16. The molecule has 0 heterocycles. The maximum Gasteiger partial charge on any atom is 0.0210 e.